The minimum Gasteiger partial charge on any atom is -0.333 e. The third-order valence-corrected chi connectivity index (χ3v) is 4.80. The monoisotopic (exact) mass is 334 g/mol. The molecule has 1 atom stereocenters. The van der Waals surface area contributed by atoms with Crippen LogP contribution in [0.15, 0.2) is 42.5 Å². The van der Waals surface area contributed by atoms with Crippen molar-refractivity contribution in [1.29, 1.82) is 0 Å². The van der Waals surface area contributed by atoms with Crippen LogP contribution in [-0.2, 0) is 24.3 Å². The topological polar surface area (TPSA) is 46.3 Å². The van der Waals surface area contributed by atoms with Crippen LogP contribution in [-0.4, -0.2) is 16.8 Å². The van der Waals surface area contributed by atoms with Crippen molar-refractivity contribution in [3.8, 4) is 0 Å². The minimum atomic E-state index is -0.620. The highest BCUT2D eigenvalue weighted by Gasteiger charge is 2.27. The zero-order chi connectivity index (χ0) is 15.7. The number of halogens is 2. The van der Waals surface area contributed by atoms with Gasteiger partial charge in [0.2, 0.25) is 5.91 Å². The first-order chi connectivity index (χ1) is 10.6. The molecule has 1 aliphatic rings. The zero-order valence-electron chi connectivity index (χ0n) is 11.9. The van der Waals surface area contributed by atoms with E-state index in [1.165, 1.54) is 11.1 Å². The minimum absolute atomic E-state index is 0.0627. The Balaban J connectivity index is 1.70. The van der Waals surface area contributed by atoms with Gasteiger partial charge in [-0.05, 0) is 29.2 Å². The summed E-state index contributed by atoms with van der Waals surface area (Å²) in [5.74, 6) is -0.0627. The average molecular weight is 335 g/mol. The summed E-state index contributed by atoms with van der Waals surface area (Å²) in [6.45, 7) is 1.23. The molecule has 0 aromatic heterocycles. The standard InChI is InChI=1S/C17H16Cl2N2O/c18-14-7-3-6-11(16(14)19)8-15(20)17(22)21-9-12-4-1-2-5-13(12)10-21/h1-7,15H,8-10,20H2. The second-order valence-electron chi connectivity index (χ2n) is 5.49. The highest BCUT2D eigenvalue weighted by atomic mass is 35.5. The van der Waals surface area contributed by atoms with Gasteiger partial charge in [-0.25, -0.2) is 0 Å². The lowest BCUT2D eigenvalue weighted by atomic mass is 10.1. The Bertz CT molecular complexity index is 693. The van der Waals surface area contributed by atoms with Gasteiger partial charge < -0.3 is 10.6 Å². The first kappa shape index (κ1) is 15.3. The number of fused-ring (bicyclic) bond motifs is 1. The molecule has 114 valence electrons. The molecule has 2 aromatic carbocycles. The lowest BCUT2D eigenvalue weighted by molar-refractivity contribution is -0.133. The number of carbonyl (C=O) groups is 1. The van der Waals surface area contributed by atoms with Crippen molar-refractivity contribution in [3.63, 3.8) is 0 Å². The van der Waals surface area contributed by atoms with Crippen molar-refractivity contribution in [2.45, 2.75) is 25.6 Å². The van der Waals surface area contributed by atoms with Gasteiger partial charge in [0.1, 0.15) is 0 Å². The Morgan fingerprint density at radius 2 is 1.73 bits per heavy atom. The van der Waals surface area contributed by atoms with Crippen molar-refractivity contribution in [3.05, 3.63) is 69.2 Å². The molecule has 0 spiro atoms. The third-order valence-electron chi connectivity index (χ3n) is 3.94. The van der Waals surface area contributed by atoms with E-state index in [0.29, 0.717) is 29.6 Å². The van der Waals surface area contributed by atoms with Crippen LogP contribution < -0.4 is 5.73 Å². The summed E-state index contributed by atoms with van der Waals surface area (Å²) in [4.78, 5) is 14.3. The van der Waals surface area contributed by atoms with Gasteiger partial charge in [0.05, 0.1) is 16.1 Å². The molecule has 0 fully saturated rings. The molecule has 0 bridgehead atoms. The maximum absolute atomic E-state index is 12.5. The number of rotatable bonds is 3. The van der Waals surface area contributed by atoms with E-state index in [1.54, 1.807) is 11.0 Å². The first-order valence-electron chi connectivity index (χ1n) is 7.10. The van der Waals surface area contributed by atoms with Crippen LogP contribution in [0, 0.1) is 0 Å². The molecule has 0 aliphatic carbocycles. The van der Waals surface area contributed by atoms with Gasteiger partial charge in [0.15, 0.2) is 0 Å². The number of carbonyl (C=O) groups excluding carboxylic acids is 1. The summed E-state index contributed by atoms with van der Waals surface area (Å²) < 4.78 is 0. The van der Waals surface area contributed by atoms with Crippen LogP contribution >= 0.6 is 23.2 Å². The van der Waals surface area contributed by atoms with Gasteiger partial charge in [-0.3, -0.25) is 4.79 Å². The molecule has 3 nitrogen and oxygen atoms in total. The zero-order valence-corrected chi connectivity index (χ0v) is 13.4. The third kappa shape index (κ3) is 2.98. The molecule has 5 heteroatoms. The fraction of sp³-hybridized carbons (Fsp3) is 0.235. The highest BCUT2D eigenvalue weighted by Crippen LogP contribution is 2.27. The van der Waals surface area contributed by atoms with Gasteiger partial charge >= 0.3 is 0 Å². The predicted molar refractivity (Wildman–Crippen MR) is 88.8 cm³/mol. The number of hydrogen-bond donors (Lipinski definition) is 1. The van der Waals surface area contributed by atoms with E-state index in [1.807, 2.05) is 36.4 Å². The Morgan fingerprint density at radius 3 is 2.36 bits per heavy atom. The van der Waals surface area contributed by atoms with E-state index in [2.05, 4.69) is 0 Å². The van der Waals surface area contributed by atoms with Crippen LogP contribution in [0.5, 0.6) is 0 Å². The van der Waals surface area contributed by atoms with Crippen LogP contribution in [0.3, 0.4) is 0 Å². The van der Waals surface area contributed by atoms with Crippen LogP contribution in [0.2, 0.25) is 10.0 Å². The molecule has 0 saturated heterocycles. The van der Waals surface area contributed by atoms with E-state index in [9.17, 15) is 4.79 Å². The SMILES string of the molecule is NC(Cc1cccc(Cl)c1Cl)C(=O)N1Cc2ccccc2C1. The average Bonchev–Trinajstić information content (AvgIpc) is 2.95. The number of nitrogens with zero attached hydrogens (tertiary/aromatic N) is 1. The predicted octanol–water partition coefficient (Wildman–Crippen LogP) is 3.41. The quantitative estimate of drug-likeness (QED) is 0.934. The lowest BCUT2D eigenvalue weighted by Gasteiger charge is -2.20. The summed E-state index contributed by atoms with van der Waals surface area (Å²) in [6, 6.07) is 12.8. The maximum atomic E-state index is 12.5. The molecule has 1 amide bonds. The number of benzene rings is 2. The van der Waals surface area contributed by atoms with Crippen LogP contribution in [0.4, 0.5) is 0 Å². The van der Waals surface area contributed by atoms with E-state index >= 15 is 0 Å². The molecule has 2 aromatic rings. The molecule has 2 N–H and O–H groups in total. The number of amides is 1. The Hall–Kier alpha value is -1.55. The lowest BCUT2D eigenvalue weighted by Crippen LogP contribution is -2.42. The summed E-state index contributed by atoms with van der Waals surface area (Å²) in [7, 11) is 0. The molecule has 22 heavy (non-hydrogen) atoms. The smallest absolute Gasteiger partial charge is 0.240 e. The fourth-order valence-corrected chi connectivity index (χ4v) is 3.15. The van der Waals surface area contributed by atoms with Crippen molar-refractivity contribution in [2.24, 2.45) is 5.73 Å². The highest BCUT2D eigenvalue weighted by molar-refractivity contribution is 6.42. The van der Waals surface area contributed by atoms with Crippen LogP contribution in [0.25, 0.3) is 0 Å². The molecular weight excluding hydrogens is 319 g/mol. The van der Waals surface area contributed by atoms with Gasteiger partial charge in [-0.1, -0.05) is 59.6 Å². The van der Waals surface area contributed by atoms with E-state index in [4.69, 9.17) is 28.9 Å². The summed E-state index contributed by atoms with van der Waals surface area (Å²) >= 11 is 12.2. The van der Waals surface area contributed by atoms with Gasteiger partial charge in [-0.2, -0.15) is 0 Å². The second kappa shape index (κ2) is 6.29. The van der Waals surface area contributed by atoms with Crippen molar-refractivity contribution >= 4 is 29.1 Å². The van der Waals surface area contributed by atoms with Crippen LogP contribution in [0.1, 0.15) is 16.7 Å². The molecule has 1 unspecified atom stereocenters. The normalized spacial score (nSPS) is 14.8. The molecule has 0 saturated carbocycles. The Morgan fingerprint density at radius 1 is 1.09 bits per heavy atom. The molecule has 3 rings (SSSR count). The summed E-state index contributed by atoms with van der Waals surface area (Å²) in [5.41, 5.74) is 9.26. The number of hydrogen-bond acceptors (Lipinski definition) is 2. The van der Waals surface area contributed by atoms with Gasteiger partial charge in [-0.15, -0.1) is 0 Å². The Kier molecular flexibility index (Phi) is 4.39. The summed E-state index contributed by atoms with van der Waals surface area (Å²) in [6.07, 6.45) is 0.380. The molecule has 0 radical (unpaired) electrons. The molecular formula is C17H16Cl2N2O. The van der Waals surface area contributed by atoms with Crippen molar-refractivity contribution in [1.82, 2.24) is 4.90 Å². The number of nitrogens with two attached hydrogens (primary N) is 1. The first-order valence-corrected chi connectivity index (χ1v) is 7.86. The Labute approximate surface area is 139 Å². The molecule has 1 heterocycles. The maximum Gasteiger partial charge on any atom is 0.240 e. The van der Waals surface area contributed by atoms with Gasteiger partial charge in [0, 0.05) is 13.1 Å². The second-order valence-corrected chi connectivity index (χ2v) is 6.27. The summed E-state index contributed by atoms with van der Waals surface area (Å²) in [5, 5.41) is 0.949. The van der Waals surface area contributed by atoms with E-state index < -0.39 is 6.04 Å². The molecule has 1 aliphatic heterocycles. The van der Waals surface area contributed by atoms with E-state index in [0.717, 1.165) is 5.56 Å². The largest absolute Gasteiger partial charge is 0.333 e. The fourth-order valence-electron chi connectivity index (χ4n) is 2.75. The van der Waals surface area contributed by atoms with Crippen molar-refractivity contribution < 1.29 is 4.79 Å². The van der Waals surface area contributed by atoms with E-state index in [-0.39, 0.29) is 5.91 Å². The van der Waals surface area contributed by atoms with Gasteiger partial charge in [0.25, 0.3) is 0 Å². The van der Waals surface area contributed by atoms with Crippen molar-refractivity contribution in [2.75, 3.05) is 0 Å².